The van der Waals surface area contributed by atoms with Crippen molar-refractivity contribution in [1.29, 1.82) is 0 Å². The van der Waals surface area contributed by atoms with Crippen molar-refractivity contribution in [2.45, 2.75) is 10.9 Å². The summed E-state index contributed by atoms with van der Waals surface area (Å²) in [4.78, 5) is 31.5. The molecule has 3 aromatic rings. The highest BCUT2D eigenvalue weighted by molar-refractivity contribution is 7.89. The van der Waals surface area contributed by atoms with Gasteiger partial charge in [-0.3, -0.25) is 19.5 Å². The van der Waals surface area contributed by atoms with E-state index in [1.165, 1.54) is 42.5 Å². The molecule has 4 rings (SSSR count). The minimum absolute atomic E-state index is 0.147. The average Bonchev–Trinajstić information content (AvgIpc) is 3.09. The van der Waals surface area contributed by atoms with Gasteiger partial charge in [0.1, 0.15) is 17.6 Å². The largest absolute Gasteiger partial charge is 0.507 e. The van der Waals surface area contributed by atoms with Gasteiger partial charge in [0.2, 0.25) is 10.0 Å². The van der Waals surface area contributed by atoms with Crippen LogP contribution < -0.4 is 14.8 Å². The predicted octanol–water partition coefficient (Wildman–Crippen LogP) is 2.36. The number of aliphatic hydroxyl groups excluding tert-OH is 1. The van der Waals surface area contributed by atoms with Gasteiger partial charge in [0.25, 0.3) is 11.7 Å². The summed E-state index contributed by atoms with van der Waals surface area (Å²) in [7, 11) is -2.52. The number of carbonyl (C=O) groups excluding carboxylic acids is 2. The Balaban J connectivity index is 1.93. The number of nitrogens with zero attached hydrogens (tertiary/aromatic N) is 2. The molecule has 1 saturated heterocycles. The number of ether oxygens (including phenoxy) is 1. The third kappa shape index (κ3) is 3.97. The summed E-state index contributed by atoms with van der Waals surface area (Å²) in [6.45, 7) is 0. The number of ketones is 1. The van der Waals surface area contributed by atoms with Gasteiger partial charge in [-0.25, -0.2) is 13.6 Å². The number of pyridine rings is 1. The Kier molecular flexibility index (Phi) is 5.71. The molecule has 0 spiro atoms. The Morgan fingerprint density at radius 1 is 1.03 bits per heavy atom. The van der Waals surface area contributed by atoms with E-state index in [2.05, 4.69) is 4.98 Å². The maximum Gasteiger partial charge on any atom is 0.300 e. The number of aliphatic hydroxyl groups is 1. The summed E-state index contributed by atoms with van der Waals surface area (Å²) < 4.78 is 28.5. The van der Waals surface area contributed by atoms with Crippen molar-refractivity contribution in [2.24, 2.45) is 5.14 Å². The number of primary sulfonamides is 1. The number of benzene rings is 2. The molecular formula is C23H19N3O6S. The zero-order valence-corrected chi connectivity index (χ0v) is 18.2. The molecule has 9 nitrogen and oxygen atoms in total. The number of sulfonamides is 1. The monoisotopic (exact) mass is 465 g/mol. The first-order chi connectivity index (χ1) is 15.7. The van der Waals surface area contributed by atoms with Crippen LogP contribution in [-0.4, -0.2) is 37.3 Å². The number of methoxy groups -OCH3 is 1. The number of Topliss-reactive ketones (excluding diaryl/α,β-unsaturated/α-hetero) is 1. The zero-order valence-electron chi connectivity index (χ0n) is 17.4. The number of carbonyl (C=O) groups is 2. The van der Waals surface area contributed by atoms with Gasteiger partial charge in [-0.05, 0) is 48.5 Å². The van der Waals surface area contributed by atoms with Crippen LogP contribution in [0.1, 0.15) is 17.3 Å². The molecule has 1 aliphatic rings. The topological polar surface area (TPSA) is 140 Å². The van der Waals surface area contributed by atoms with Gasteiger partial charge in [0, 0.05) is 11.9 Å². The predicted molar refractivity (Wildman–Crippen MR) is 120 cm³/mol. The van der Waals surface area contributed by atoms with Crippen LogP contribution in [0.4, 0.5) is 5.69 Å². The van der Waals surface area contributed by atoms with E-state index in [0.717, 1.165) is 0 Å². The Bertz CT molecular complexity index is 1370. The molecule has 1 unspecified atom stereocenters. The van der Waals surface area contributed by atoms with Crippen molar-refractivity contribution in [3.63, 3.8) is 0 Å². The molecule has 1 atom stereocenters. The minimum atomic E-state index is -3.95. The summed E-state index contributed by atoms with van der Waals surface area (Å²) in [6, 6.07) is 15.7. The standard InChI is InChI=1S/C23H19N3O6S/c1-32-18-8-3-2-6-16(18)21(27)19-20(17-7-4-5-13-25-17)26(23(29)22(19)28)14-9-11-15(12-10-14)33(24,30)31/h2-13,20,27H,1H3,(H2,24,30,31)/b21-19+. The fraction of sp³-hybridized carbons (Fsp3) is 0.0870. The van der Waals surface area contributed by atoms with Gasteiger partial charge < -0.3 is 9.84 Å². The van der Waals surface area contributed by atoms with Crippen LogP contribution in [0, 0.1) is 0 Å². The lowest BCUT2D eigenvalue weighted by atomic mass is 9.97. The summed E-state index contributed by atoms with van der Waals surface area (Å²) in [5.41, 5.74) is 0.644. The van der Waals surface area contributed by atoms with Gasteiger partial charge in [-0.2, -0.15) is 0 Å². The van der Waals surface area contributed by atoms with E-state index in [0.29, 0.717) is 11.4 Å². The number of para-hydroxylation sites is 1. The van der Waals surface area contributed by atoms with Crippen molar-refractivity contribution in [2.75, 3.05) is 12.0 Å². The number of rotatable bonds is 5. The van der Waals surface area contributed by atoms with Gasteiger partial charge in [0.15, 0.2) is 0 Å². The summed E-state index contributed by atoms with van der Waals surface area (Å²) in [6.07, 6.45) is 1.50. The highest BCUT2D eigenvalue weighted by Gasteiger charge is 2.47. The van der Waals surface area contributed by atoms with Crippen molar-refractivity contribution in [3.8, 4) is 5.75 Å². The highest BCUT2D eigenvalue weighted by Crippen LogP contribution is 2.42. The third-order valence-electron chi connectivity index (χ3n) is 5.22. The van der Waals surface area contributed by atoms with E-state index in [1.807, 2.05) is 0 Å². The number of hydrogen-bond donors (Lipinski definition) is 2. The fourth-order valence-corrected chi connectivity index (χ4v) is 4.21. The van der Waals surface area contributed by atoms with Crippen LogP contribution in [0.2, 0.25) is 0 Å². The maximum atomic E-state index is 13.1. The molecule has 0 bridgehead atoms. The normalized spacial score (nSPS) is 17.9. The second-order valence-electron chi connectivity index (χ2n) is 7.16. The second-order valence-corrected chi connectivity index (χ2v) is 8.72. The van der Waals surface area contributed by atoms with E-state index in [-0.39, 0.29) is 21.7 Å². The van der Waals surface area contributed by atoms with E-state index in [4.69, 9.17) is 9.88 Å². The lowest BCUT2D eigenvalue weighted by molar-refractivity contribution is -0.132. The number of aromatic nitrogens is 1. The number of hydrogen-bond acceptors (Lipinski definition) is 7. The van der Waals surface area contributed by atoms with Crippen LogP contribution in [0.25, 0.3) is 5.76 Å². The van der Waals surface area contributed by atoms with Crippen molar-refractivity contribution in [3.05, 3.63) is 89.8 Å². The molecule has 1 aliphatic heterocycles. The summed E-state index contributed by atoms with van der Waals surface area (Å²) in [5.74, 6) is -1.90. The number of amides is 1. The third-order valence-corrected chi connectivity index (χ3v) is 6.15. The average molecular weight is 465 g/mol. The van der Waals surface area contributed by atoms with Crippen LogP contribution in [0.3, 0.4) is 0 Å². The Hall–Kier alpha value is -4.02. The maximum absolute atomic E-state index is 13.1. The first-order valence-electron chi connectivity index (χ1n) is 9.72. The van der Waals surface area contributed by atoms with Crippen LogP contribution in [0.5, 0.6) is 5.75 Å². The van der Waals surface area contributed by atoms with Crippen LogP contribution in [-0.2, 0) is 19.6 Å². The smallest absolute Gasteiger partial charge is 0.300 e. The van der Waals surface area contributed by atoms with E-state index in [1.54, 1.807) is 42.5 Å². The molecule has 1 amide bonds. The Labute approximate surface area is 189 Å². The molecular weight excluding hydrogens is 446 g/mol. The quantitative estimate of drug-likeness (QED) is 0.335. The van der Waals surface area contributed by atoms with Crippen molar-refractivity contribution >= 4 is 33.2 Å². The first kappa shape index (κ1) is 22.2. The molecule has 0 saturated carbocycles. The second kappa shape index (κ2) is 8.49. The SMILES string of the molecule is COc1ccccc1/C(O)=C1\C(=O)C(=O)N(c2ccc(S(N)(=O)=O)cc2)C1c1ccccn1. The first-order valence-corrected chi connectivity index (χ1v) is 11.3. The molecule has 1 aromatic heterocycles. The zero-order chi connectivity index (χ0) is 23.8. The molecule has 2 heterocycles. The fourth-order valence-electron chi connectivity index (χ4n) is 3.70. The van der Waals surface area contributed by atoms with E-state index >= 15 is 0 Å². The van der Waals surface area contributed by atoms with Crippen LogP contribution >= 0.6 is 0 Å². The van der Waals surface area contributed by atoms with Gasteiger partial charge >= 0.3 is 0 Å². The Morgan fingerprint density at radius 3 is 2.30 bits per heavy atom. The lowest BCUT2D eigenvalue weighted by Crippen LogP contribution is -2.29. The van der Waals surface area contributed by atoms with Crippen LogP contribution in [0.15, 0.2) is 83.4 Å². The molecule has 10 heteroatoms. The molecule has 2 aromatic carbocycles. The number of anilines is 1. The summed E-state index contributed by atoms with van der Waals surface area (Å²) >= 11 is 0. The lowest BCUT2D eigenvalue weighted by Gasteiger charge is -2.24. The van der Waals surface area contributed by atoms with E-state index < -0.39 is 33.5 Å². The molecule has 33 heavy (non-hydrogen) atoms. The minimum Gasteiger partial charge on any atom is -0.507 e. The molecule has 0 aliphatic carbocycles. The van der Waals surface area contributed by atoms with Gasteiger partial charge in [0.05, 0.1) is 28.8 Å². The van der Waals surface area contributed by atoms with Gasteiger partial charge in [-0.15, -0.1) is 0 Å². The highest BCUT2D eigenvalue weighted by atomic mass is 32.2. The Morgan fingerprint density at radius 2 is 1.70 bits per heavy atom. The number of nitrogens with two attached hydrogens (primary N) is 1. The molecule has 168 valence electrons. The van der Waals surface area contributed by atoms with Gasteiger partial charge in [-0.1, -0.05) is 18.2 Å². The molecule has 0 radical (unpaired) electrons. The molecule has 3 N–H and O–H groups in total. The molecule has 1 fully saturated rings. The van der Waals surface area contributed by atoms with Crippen molar-refractivity contribution in [1.82, 2.24) is 4.98 Å². The summed E-state index contributed by atoms with van der Waals surface area (Å²) in [5, 5.41) is 16.3. The van der Waals surface area contributed by atoms with E-state index in [9.17, 15) is 23.1 Å². The van der Waals surface area contributed by atoms with Crippen molar-refractivity contribution < 1.29 is 27.9 Å².